The molecule has 0 aliphatic heterocycles. The predicted molar refractivity (Wildman–Crippen MR) is 69.0 cm³/mol. The molecule has 92 valence electrons. The fourth-order valence-electron chi connectivity index (χ4n) is 2.72. The minimum absolute atomic E-state index is 0.485. The highest BCUT2D eigenvalue weighted by molar-refractivity contribution is 5.27. The zero-order valence-electron chi connectivity index (χ0n) is 10.5. The van der Waals surface area contributed by atoms with Gasteiger partial charge in [-0.15, -0.1) is 0 Å². The minimum Gasteiger partial charge on any atom is -0.307 e. The fourth-order valence-corrected chi connectivity index (χ4v) is 2.72. The summed E-state index contributed by atoms with van der Waals surface area (Å²) in [5.74, 6) is 0. The van der Waals surface area contributed by atoms with E-state index in [-0.39, 0.29) is 0 Å². The molecule has 1 N–H and O–H groups in total. The Morgan fingerprint density at radius 2 is 2.29 bits per heavy atom. The van der Waals surface area contributed by atoms with Crippen LogP contribution in [0.3, 0.4) is 0 Å². The van der Waals surface area contributed by atoms with Crippen LogP contribution in [0, 0.1) is 0 Å². The molecule has 3 heteroatoms. The van der Waals surface area contributed by atoms with Crippen molar-refractivity contribution in [3.05, 3.63) is 29.6 Å². The smallest absolute Gasteiger partial charge is 0.0605 e. The predicted octanol–water partition coefficient (Wildman–Crippen LogP) is 1.75. The molecule has 0 aromatic carbocycles. The van der Waals surface area contributed by atoms with Gasteiger partial charge in [0, 0.05) is 25.3 Å². The number of likely N-dealkylation sites (N-methyl/N-ethyl adjacent to an activating group) is 1. The van der Waals surface area contributed by atoms with Crippen molar-refractivity contribution in [2.75, 3.05) is 20.1 Å². The normalized spacial score (nSPS) is 23.1. The number of fused-ring (bicyclic) bond motifs is 1. The first-order chi connectivity index (χ1) is 8.34. The Morgan fingerprint density at radius 1 is 1.41 bits per heavy atom. The molecule has 1 aromatic heterocycles. The van der Waals surface area contributed by atoms with Gasteiger partial charge in [-0.25, -0.2) is 0 Å². The maximum atomic E-state index is 4.51. The van der Waals surface area contributed by atoms with Gasteiger partial charge in [0.05, 0.1) is 11.7 Å². The van der Waals surface area contributed by atoms with Crippen LogP contribution in [0.4, 0.5) is 0 Å². The number of hydrogen-bond donors (Lipinski definition) is 1. The first-order valence-corrected chi connectivity index (χ1v) is 6.72. The van der Waals surface area contributed by atoms with Crippen molar-refractivity contribution in [3.63, 3.8) is 0 Å². The van der Waals surface area contributed by atoms with Crippen LogP contribution < -0.4 is 5.32 Å². The van der Waals surface area contributed by atoms with E-state index in [2.05, 4.69) is 28.3 Å². The SMILES string of the molecule is CN(CCNC1CCc2cccnc21)C1CC1. The Labute approximate surface area is 103 Å². The van der Waals surface area contributed by atoms with E-state index >= 15 is 0 Å². The fraction of sp³-hybridized carbons (Fsp3) is 0.643. The molecule has 0 saturated heterocycles. The third kappa shape index (κ3) is 2.50. The number of hydrogen-bond acceptors (Lipinski definition) is 3. The van der Waals surface area contributed by atoms with Gasteiger partial charge in [0.15, 0.2) is 0 Å². The number of aromatic nitrogens is 1. The van der Waals surface area contributed by atoms with Crippen LogP contribution >= 0.6 is 0 Å². The van der Waals surface area contributed by atoms with Crippen molar-refractivity contribution in [1.82, 2.24) is 15.2 Å². The van der Waals surface area contributed by atoms with E-state index in [1.54, 1.807) is 0 Å². The standard InChI is InChI=1S/C14H21N3/c1-17(12-5-6-12)10-9-15-13-7-4-11-3-2-8-16-14(11)13/h2-3,8,12-13,15H,4-7,9-10H2,1H3. The van der Waals surface area contributed by atoms with Crippen molar-refractivity contribution >= 4 is 0 Å². The van der Waals surface area contributed by atoms with Crippen LogP contribution in [0.15, 0.2) is 18.3 Å². The van der Waals surface area contributed by atoms with E-state index in [0.29, 0.717) is 6.04 Å². The van der Waals surface area contributed by atoms with Gasteiger partial charge in [-0.3, -0.25) is 4.98 Å². The number of rotatable bonds is 5. The number of aryl methyl sites for hydroxylation is 1. The molecular weight excluding hydrogens is 210 g/mol. The average Bonchev–Trinajstić information content (AvgIpc) is 3.12. The van der Waals surface area contributed by atoms with E-state index < -0.39 is 0 Å². The van der Waals surface area contributed by atoms with E-state index in [0.717, 1.165) is 19.1 Å². The topological polar surface area (TPSA) is 28.2 Å². The van der Waals surface area contributed by atoms with E-state index in [9.17, 15) is 0 Å². The maximum absolute atomic E-state index is 4.51. The Hall–Kier alpha value is -0.930. The van der Waals surface area contributed by atoms with Crippen LogP contribution in [-0.4, -0.2) is 36.1 Å². The van der Waals surface area contributed by atoms with Gasteiger partial charge >= 0.3 is 0 Å². The van der Waals surface area contributed by atoms with Gasteiger partial charge in [0.1, 0.15) is 0 Å². The average molecular weight is 231 g/mol. The minimum atomic E-state index is 0.485. The summed E-state index contributed by atoms with van der Waals surface area (Å²) in [6, 6.07) is 5.60. The van der Waals surface area contributed by atoms with Crippen molar-refractivity contribution in [1.29, 1.82) is 0 Å². The van der Waals surface area contributed by atoms with Crippen molar-refractivity contribution in [2.45, 2.75) is 37.8 Å². The van der Waals surface area contributed by atoms with Gasteiger partial charge in [-0.05, 0) is 44.4 Å². The van der Waals surface area contributed by atoms with E-state index in [1.807, 2.05) is 12.3 Å². The first-order valence-electron chi connectivity index (χ1n) is 6.72. The monoisotopic (exact) mass is 231 g/mol. The third-order valence-corrected chi connectivity index (χ3v) is 3.98. The molecule has 1 fully saturated rings. The molecule has 1 aromatic rings. The van der Waals surface area contributed by atoms with Crippen molar-refractivity contribution in [2.24, 2.45) is 0 Å². The van der Waals surface area contributed by atoms with E-state index in [4.69, 9.17) is 0 Å². The summed E-state index contributed by atoms with van der Waals surface area (Å²) in [7, 11) is 2.24. The Morgan fingerprint density at radius 3 is 3.12 bits per heavy atom. The third-order valence-electron chi connectivity index (χ3n) is 3.98. The highest BCUT2D eigenvalue weighted by Crippen LogP contribution is 2.29. The second-order valence-electron chi connectivity index (χ2n) is 5.30. The van der Waals surface area contributed by atoms with Crippen molar-refractivity contribution < 1.29 is 0 Å². The van der Waals surface area contributed by atoms with Gasteiger partial charge in [0.25, 0.3) is 0 Å². The van der Waals surface area contributed by atoms with Crippen LogP contribution in [-0.2, 0) is 6.42 Å². The van der Waals surface area contributed by atoms with Gasteiger partial charge in [0.2, 0.25) is 0 Å². The molecule has 2 aliphatic rings. The molecule has 0 bridgehead atoms. The highest BCUT2D eigenvalue weighted by Gasteiger charge is 2.26. The summed E-state index contributed by atoms with van der Waals surface area (Å²) in [4.78, 5) is 6.98. The van der Waals surface area contributed by atoms with E-state index in [1.165, 1.54) is 36.9 Å². The molecule has 17 heavy (non-hydrogen) atoms. The summed E-state index contributed by atoms with van der Waals surface area (Å²) in [5, 5.41) is 3.65. The molecule has 1 unspecified atom stereocenters. The van der Waals surface area contributed by atoms with Crippen LogP contribution in [0.2, 0.25) is 0 Å². The Balaban J connectivity index is 1.50. The highest BCUT2D eigenvalue weighted by atomic mass is 15.2. The zero-order valence-corrected chi connectivity index (χ0v) is 10.5. The summed E-state index contributed by atoms with van der Waals surface area (Å²) in [6.45, 7) is 2.23. The molecule has 0 spiro atoms. The summed E-state index contributed by atoms with van der Waals surface area (Å²) in [6.07, 6.45) is 7.09. The Kier molecular flexibility index (Phi) is 3.12. The Bertz CT molecular complexity index is 387. The molecular formula is C14H21N3. The lowest BCUT2D eigenvalue weighted by Gasteiger charge is -2.18. The molecule has 0 radical (unpaired) electrons. The first kappa shape index (κ1) is 11.2. The summed E-state index contributed by atoms with van der Waals surface area (Å²) >= 11 is 0. The maximum Gasteiger partial charge on any atom is 0.0605 e. The van der Waals surface area contributed by atoms with Crippen LogP contribution in [0.1, 0.15) is 36.6 Å². The number of pyridine rings is 1. The summed E-state index contributed by atoms with van der Waals surface area (Å²) in [5.41, 5.74) is 2.71. The lowest BCUT2D eigenvalue weighted by molar-refractivity contribution is 0.314. The second-order valence-corrected chi connectivity index (χ2v) is 5.30. The van der Waals surface area contributed by atoms with Crippen molar-refractivity contribution in [3.8, 4) is 0 Å². The quantitative estimate of drug-likeness (QED) is 0.837. The number of nitrogens with zero attached hydrogens (tertiary/aromatic N) is 2. The van der Waals surface area contributed by atoms with Gasteiger partial charge in [-0.2, -0.15) is 0 Å². The molecule has 1 saturated carbocycles. The number of nitrogens with one attached hydrogen (secondary N) is 1. The van der Waals surface area contributed by atoms with Crippen LogP contribution in [0.5, 0.6) is 0 Å². The molecule has 0 amide bonds. The zero-order chi connectivity index (χ0) is 11.7. The molecule has 3 rings (SSSR count). The molecule has 1 atom stereocenters. The lowest BCUT2D eigenvalue weighted by Crippen LogP contribution is -2.32. The molecule has 2 aliphatic carbocycles. The van der Waals surface area contributed by atoms with Gasteiger partial charge in [-0.1, -0.05) is 6.07 Å². The molecule has 3 nitrogen and oxygen atoms in total. The second kappa shape index (κ2) is 4.75. The largest absolute Gasteiger partial charge is 0.307 e. The summed E-state index contributed by atoms with van der Waals surface area (Å²) < 4.78 is 0. The van der Waals surface area contributed by atoms with Gasteiger partial charge < -0.3 is 10.2 Å². The lowest BCUT2D eigenvalue weighted by atomic mass is 10.2. The van der Waals surface area contributed by atoms with Crippen LogP contribution in [0.25, 0.3) is 0 Å². The molecule has 1 heterocycles.